The molecule has 1 atom stereocenters. The standard InChI is InChI=1S/C31H35F3N6O4/c1-18-17-39(13-14-40(18)29(42)44-5)20-10-12-23(25(15-20)43-4)38-28-35-16-21(31(32,33)34)22(37-28)11-9-19-7-6-8-24-26(19)30(2,3)27(41)36-24/h6-8,10,12,15-16,18H,9,11,13-14,17H2,1-5H3,(H,36,41)(H,35,37,38)/t18-/m1/s1. The predicted molar refractivity (Wildman–Crippen MR) is 160 cm³/mol. The lowest BCUT2D eigenvalue weighted by molar-refractivity contribution is -0.138. The number of aromatic nitrogens is 2. The predicted octanol–water partition coefficient (Wildman–Crippen LogP) is 5.54. The number of methoxy groups -OCH3 is 2. The molecule has 1 saturated heterocycles. The lowest BCUT2D eigenvalue weighted by Gasteiger charge is -2.40. The van der Waals surface area contributed by atoms with Gasteiger partial charge >= 0.3 is 12.3 Å². The van der Waals surface area contributed by atoms with E-state index >= 15 is 0 Å². The van der Waals surface area contributed by atoms with Crippen LogP contribution >= 0.6 is 0 Å². The minimum Gasteiger partial charge on any atom is -0.494 e. The van der Waals surface area contributed by atoms with Gasteiger partial charge in [-0.3, -0.25) is 4.79 Å². The lowest BCUT2D eigenvalue weighted by Crippen LogP contribution is -2.54. The fraction of sp³-hybridized carbons (Fsp3) is 0.419. The van der Waals surface area contributed by atoms with E-state index in [1.807, 2.05) is 25.1 Å². The van der Waals surface area contributed by atoms with Crippen LogP contribution in [-0.2, 0) is 34.0 Å². The number of hydrogen-bond donors (Lipinski definition) is 2. The second-order valence-electron chi connectivity index (χ2n) is 11.4. The lowest BCUT2D eigenvalue weighted by atomic mass is 9.82. The smallest absolute Gasteiger partial charge is 0.419 e. The molecule has 0 spiro atoms. The Balaban J connectivity index is 1.37. The Hall–Kier alpha value is -4.55. The van der Waals surface area contributed by atoms with Gasteiger partial charge in [0.1, 0.15) is 5.75 Å². The van der Waals surface area contributed by atoms with Crippen molar-refractivity contribution in [2.45, 2.75) is 51.2 Å². The maximum Gasteiger partial charge on any atom is 0.419 e. The summed E-state index contributed by atoms with van der Waals surface area (Å²) in [5.74, 6) is 0.298. The summed E-state index contributed by atoms with van der Waals surface area (Å²) in [6, 6.07) is 10.8. The van der Waals surface area contributed by atoms with Gasteiger partial charge in [0.2, 0.25) is 11.9 Å². The van der Waals surface area contributed by atoms with Crippen LogP contribution in [0.15, 0.2) is 42.6 Å². The van der Waals surface area contributed by atoms with Crippen LogP contribution in [0.5, 0.6) is 5.75 Å². The summed E-state index contributed by atoms with van der Waals surface area (Å²) in [5.41, 5.74) is 1.73. The first-order valence-electron chi connectivity index (χ1n) is 14.2. The summed E-state index contributed by atoms with van der Waals surface area (Å²) in [6.45, 7) is 7.21. The zero-order valence-electron chi connectivity index (χ0n) is 25.2. The van der Waals surface area contributed by atoms with E-state index in [1.54, 1.807) is 36.9 Å². The number of nitrogens with one attached hydrogen (secondary N) is 2. The van der Waals surface area contributed by atoms with E-state index in [1.165, 1.54) is 14.2 Å². The van der Waals surface area contributed by atoms with Crippen molar-refractivity contribution >= 4 is 35.0 Å². The van der Waals surface area contributed by atoms with Crippen molar-refractivity contribution in [3.05, 3.63) is 65.0 Å². The third kappa shape index (κ3) is 5.95. The highest BCUT2D eigenvalue weighted by molar-refractivity contribution is 6.06. The molecule has 44 heavy (non-hydrogen) atoms. The molecular formula is C31H35F3N6O4. The summed E-state index contributed by atoms with van der Waals surface area (Å²) in [5, 5.41) is 5.87. The van der Waals surface area contributed by atoms with Crippen molar-refractivity contribution < 1.29 is 32.2 Å². The monoisotopic (exact) mass is 612 g/mol. The molecule has 10 nitrogen and oxygen atoms in total. The van der Waals surface area contributed by atoms with Gasteiger partial charge in [-0.05, 0) is 62.9 Å². The van der Waals surface area contributed by atoms with Gasteiger partial charge in [-0.25, -0.2) is 14.8 Å². The van der Waals surface area contributed by atoms with Crippen molar-refractivity contribution in [3.63, 3.8) is 0 Å². The van der Waals surface area contributed by atoms with Crippen molar-refractivity contribution in [1.29, 1.82) is 0 Å². The van der Waals surface area contributed by atoms with Crippen molar-refractivity contribution in [3.8, 4) is 5.75 Å². The number of ether oxygens (including phenoxy) is 2. The number of piperazine rings is 1. The number of anilines is 4. The number of benzene rings is 2. The average Bonchev–Trinajstić information content (AvgIpc) is 3.23. The molecule has 2 aliphatic heterocycles. The molecule has 2 amide bonds. The first-order valence-corrected chi connectivity index (χ1v) is 14.2. The van der Waals surface area contributed by atoms with E-state index in [-0.39, 0.29) is 42.5 Å². The van der Waals surface area contributed by atoms with Crippen molar-refractivity contribution in [2.75, 3.05) is 49.4 Å². The summed E-state index contributed by atoms with van der Waals surface area (Å²) in [7, 11) is 2.86. The van der Waals surface area contributed by atoms with E-state index in [0.29, 0.717) is 36.8 Å². The molecule has 0 unspecified atom stereocenters. The third-order valence-electron chi connectivity index (χ3n) is 8.23. The summed E-state index contributed by atoms with van der Waals surface area (Å²) in [4.78, 5) is 36.5. The molecule has 2 aromatic carbocycles. The van der Waals surface area contributed by atoms with Crippen LogP contribution in [0.2, 0.25) is 0 Å². The molecule has 234 valence electrons. The number of fused-ring (bicyclic) bond motifs is 1. The number of halogens is 3. The highest BCUT2D eigenvalue weighted by atomic mass is 19.4. The van der Waals surface area contributed by atoms with Gasteiger partial charge in [-0.1, -0.05) is 12.1 Å². The minimum atomic E-state index is -4.64. The van der Waals surface area contributed by atoms with Gasteiger partial charge in [0, 0.05) is 49.3 Å². The molecule has 0 saturated carbocycles. The zero-order chi connectivity index (χ0) is 31.8. The first-order chi connectivity index (χ1) is 20.8. The van der Waals surface area contributed by atoms with Crippen LogP contribution in [0.4, 0.5) is 41.0 Å². The van der Waals surface area contributed by atoms with Gasteiger partial charge in [0.15, 0.2) is 0 Å². The molecule has 1 fully saturated rings. The molecule has 2 aliphatic rings. The number of aryl methyl sites for hydroxylation is 2. The molecule has 0 radical (unpaired) electrons. The molecule has 0 aliphatic carbocycles. The van der Waals surface area contributed by atoms with Crippen LogP contribution in [0.3, 0.4) is 0 Å². The maximum atomic E-state index is 14.0. The highest BCUT2D eigenvalue weighted by Crippen LogP contribution is 2.40. The quantitative estimate of drug-likeness (QED) is 0.358. The summed E-state index contributed by atoms with van der Waals surface area (Å²) in [6.07, 6.45) is -3.98. The van der Waals surface area contributed by atoms with Gasteiger partial charge in [0.05, 0.1) is 36.6 Å². The fourth-order valence-electron chi connectivity index (χ4n) is 5.88. The Morgan fingerprint density at radius 2 is 1.93 bits per heavy atom. The summed E-state index contributed by atoms with van der Waals surface area (Å²) < 4.78 is 52.4. The van der Waals surface area contributed by atoms with Gasteiger partial charge in [-0.2, -0.15) is 13.2 Å². The minimum absolute atomic E-state index is 0.00479. The first kappa shape index (κ1) is 30.9. The molecular weight excluding hydrogens is 577 g/mol. The summed E-state index contributed by atoms with van der Waals surface area (Å²) >= 11 is 0. The largest absolute Gasteiger partial charge is 0.494 e. The van der Waals surface area contributed by atoms with Gasteiger partial charge in [0.25, 0.3) is 0 Å². The van der Waals surface area contributed by atoms with E-state index < -0.39 is 17.2 Å². The van der Waals surface area contributed by atoms with Crippen LogP contribution in [0.1, 0.15) is 43.2 Å². The second kappa shape index (κ2) is 11.9. The van der Waals surface area contributed by atoms with Crippen molar-refractivity contribution in [1.82, 2.24) is 14.9 Å². The molecule has 0 bridgehead atoms. The number of amides is 2. The number of rotatable bonds is 7. The SMILES string of the molecule is COC(=O)N1CCN(c2ccc(Nc3ncc(C(F)(F)F)c(CCc4cccc5c4C(C)(C)C(=O)N5)n3)c(OC)c2)C[C@H]1C. The fourth-order valence-corrected chi connectivity index (χ4v) is 5.88. The Kier molecular flexibility index (Phi) is 8.32. The number of nitrogens with zero attached hydrogens (tertiary/aromatic N) is 4. The van der Waals surface area contributed by atoms with E-state index in [9.17, 15) is 22.8 Å². The number of carbonyl (C=O) groups excluding carboxylic acids is 2. The molecule has 3 aromatic rings. The van der Waals surface area contributed by atoms with E-state index in [0.717, 1.165) is 23.0 Å². The molecule has 13 heteroatoms. The Bertz CT molecular complexity index is 1580. The molecule has 2 N–H and O–H groups in total. The zero-order valence-corrected chi connectivity index (χ0v) is 25.2. The van der Waals surface area contributed by atoms with Crippen LogP contribution in [-0.4, -0.2) is 66.8 Å². The molecule has 3 heterocycles. The molecule has 1 aromatic heterocycles. The van der Waals surface area contributed by atoms with E-state index in [4.69, 9.17) is 9.47 Å². The number of hydrogen-bond acceptors (Lipinski definition) is 8. The third-order valence-corrected chi connectivity index (χ3v) is 8.23. The second-order valence-corrected chi connectivity index (χ2v) is 11.4. The van der Waals surface area contributed by atoms with Crippen molar-refractivity contribution in [2.24, 2.45) is 0 Å². The van der Waals surface area contributed by atoms with Crippen LogP contribution in [0, 0.1) is 0 Å². The molecule has 5 rings (SSSR count). The Morgan fingerprint density at radius 3 is 2.61 bits per heavy atom. The van der Waals surface area contributed by atoms with Gasteiger partial charge < -0.3 is 29.9 Å². The topological polar surface area (TPSA) is 109 Å². The van der Waals surface area contributed by atoms with Crippen LogP contribution < -0.4 is 20.3 Å². The normalized spacial score (nSPS) is 17.6. The average molecular weight is 613 g/mol. The number of carbonyl (C=O) groups is 2. The maximum absolute atomic E-state index is 14.0. The van der Waals surface area contributed by atoms with Gasteiger partial charge in [-0.15, -0.1) is 0 Å². The Morgan fingerprint density at radius 1 is 1.16 bits per heavy atom. The van der Waals surface area contributed by atoms with E-state index in [2.05, 4.69) is 25.5 Å². The van der Waals surface area contributed by atoms with Crippen LogP contribution in [0.25, 0.3) is 0 Å². The highest BCUT2D eigenvalue weighted by Gasteiger charge is 2.40. The number of alkyl halides is 3. The Labute approximate surface area is 253 Å².